The van der Waals surface area contributed by atoms with E-state index in [1.54, 1.807) is 12.1 Å². The first-order valence-corrected chi connectivity index (χ1v) is 8.23. The Labute approximate surface area is 128 Å². The van der Waals surface area contributed by atoms with Gasteiger partial charge in [-0.25, -0.2) is 4.39 Å². The topological polar surface area (TPSA) is 15.3 Å². The first-order chi connectivity index (χ1) is 10.0. The monoisotopic (exact) mass is 292 g/mol. The van der Waals surface area contributed by atoms with Crippen LogP contribution < -0.4 is 5.32 Å². The third-order valence-corrected chi connectivity index (χ3v) is 5.19. The minimum atomic E-state index is -0.156. The summed E-state index contributed by atoms with van der Waals surface area (Å²) >= 11 is 0. The lowest BCUT2D eigenvalue weighted by molar-refractivity contribution is 0.0156. The smallest absolute Gasteiger partial charge is 0.123 e. The van der Waals surface area contributed by atoms with Crippen molar-refractivity contribution in [1.82, 2.24) is 10.2 Å². The second-order valence-corrected chi connectivity index (χ2v) is 6.67. The standard InChI is InChI=1S/C18H29FN2/c1-5-18(6-2)13-20-17(14(3)4)12-21(18)11-15-7-9-16(19)10-8-15/h7-10,14,17,20H,5-6,11-13H2,1-4H3. The Kier molecular flexibility index (Phi) is 5.39. The summed E-state index contributed by atoms with van der Waals surface area (Å²) in [6.45, 7) is 12.1. The van der Waals surface area contributed by atoms with Gasteiger partial charge in [-0.05, 0) is 36.5 Å². The van der Waals surface area contributed by atoms with E-state index in [0.29, 0.717) is 12.0 Å². The highest BCUT2D eigenvalue weighted by Gasteiger charge is 2.39. The van der Waals surface area contributed by atoms with Crippen LogP contribution in [0.4, 0.5) is 4.39 Å². The Bertz CT molecular complexity index is 437. The van der Waals surface area contributed by atoms with E-state index >= 15 is 0 Å². The van der Waals surface area contributed by atoms with Crippen LogP contribution in [-0.4, -0.2) is 29.6 Å². The maximum absolute atomic E-state index is 13.1. The Morgan fingerprint density at radius 2 is 1.86 bits per heavy atom. The van der Waals surface area contributed by atoms with Gasteiger partial charge < -0.3 is 5.32 Å². The Balaban J connectivity index is 2.18. The summed E-state index contributed by atoms with van der Waals surface area (Å²) in [5.74, 6) is 0.476. The number of hydrogen-bond acceptors (Lipinski definition) is 2. The van der Waals surface area contributed by atoms with E-state index in [4.69, 9.17) is 0 Å². The Morgan fingerprint density at radius 3 is 2.38 bits per heavy atom. The van der Waals surface area contributed by atoms with Crippen molar-refractivity contribution < 1.29 is 4.39 Å². The van der Waals surface area contributed by atoms with Gasteiger partial charge in [-0.1, -0.05) is 39.8 Å². The van der Waals surface area contributed by atoms with Crippen molar-refractivity contribution in [3.63, 3.8) is 0 Å². The number of nitrogens with one attached hydrogen (secondary N) is 1. The lowest BCUT2D eigenvalue weighted by Gasteiger charge is -2.50. The minimum Gasteiger partial charge on any atom is -0.311 e. The zero-order valence-corrected chi connectivity index (χ0v) is 13.8. The fraction of sp³-hybridized carbons (Fsp3) is 0.667. The highest BCUT2D eigenvalue weighted by Crippen LogP contribution is 2.30. The van der Waals surface area contributed by atoms with Gasteiger partial charge in [0.05, 0.1) is 0 Å². The van der Waals surface area contributed by atoms with Gasteiger partial charge in [0.25, 0.3) is 0 Å². The van der Waals surface area contributed by atoms with E-state index in [1.165, 1.54) is 5.56 Å². The van der Waals surface area contributed by atoms with Crippen LogP contribution in [0.2, 0.25) is 0 Å². The quantitative estimate of drug-likeness (QED) is 0.887. The second kappa shape index (κ2) is 6.89. The molecule has 1 aliphatic rings. The molecular formula is C18H29FN2. The second-order valence-electron chi connectivity index (χ2n) is 6.67. The van der Waals surface area contributed by atoms with Gasteiger partial charge in [0.15, 0.2) is 0 Å². The molecule has 0 saturated carbocycles. The predicted molar refractivity (Wildman–Crippen MR) is 86.8 cm³/mol. The van der Waals surface area contributed by atoms with Crippen molar-refractivity contribution in [3.05, 3.63) is 35.6 Å². The van der Waals surface area contributed by atoms with Crippen LogP contribution in [0.5, 0.6) is 0 Å². The van der Waals surface area contributed by atoms with Crippen molar-refractivity contribution in [3.8, 4) is 0 Å². The molecule has 0 spiro atoms. The molecule has 1 N–H and O–H groups in total. The lowest BCUT2D eigenvalue weighted by atomic mass is 9.85. The molecule has 0 amide bonds. The van der Waals surface area contributed by atoms with Gasteiger partial charge in [-0.2, -0.15) is 0 Å². The maximum Gasteiger partial charge on any atom is 0.123 e. The summed E-state index contributed by atoms with van der Waals surface area (Å²) in [4.78, 5) is 2.61. The first kappa shape index (κ1) is 16.4. The molecule has 1 aliphatic heterocycles. The molecule has 2 rings (SSSR count). The molecule has 1 aromatic carbocycles. The molecule has 0 radical (unpaired) electrons. The van der Waals surface area contributed by atoms with Gasteiger partial charge in [-0.3, -0.25) is 4.90 Å². The lowest BCUT2D eigenvalue weighted by Crippen LogP contribution is -2.64. The van der Waals surface area contributed by atoms with Crippen LogP contribution in [0.1, 0.15) is 46.1 Å². The molecule has 0 aromatic heterocycles. The van der Waals surface area contributed by atoms with Crippen molar-refractivity contribution in [2.45, 2.75) is 58.7 Å². The first-order valence-electron chi connectivity index (χ1n) is 8.23. The Morgan fingerprint density at radius 1 is 1.24 bits per heavy atom. The van der Waals surface area contributed by atoms with Crippen LogP contribution in [0.25, 0.3) is 0 Å². The minimum absolute atomic E-state index is 0.156. The normalized spacial score (nSPS) is 22.7. The highest BCUT2D eigenvalue weighted by atomic mass is 19.1. The summed E-state index contributed by atoms with van der Waals surface area (Å²) in [7, 11) is 0. The van der Waals surface area contributed by atoms with E-state index in [1.807, 2.05) is 12.1 Å². The van der Waals surface area contributed by atoms with E-state index in [9.17, 15) is 4.39 Å². The number of nitrogens with zero attached hydrogens (tertiary/aromatic N) is 1. The zero-order chi connectivity index (χ0) is 15.5. The van der Waals surface area contributed by atoms with Gasteiger partial charge in [0, 0.05) is 31.2 Å². The number of hydrogen-bond donors (Lipinski definition) is 1. The summed E-state index contributed by atoms with van der Waals surface area (Å²) in [5, 5.41) is 3.73. The summed E-state index contributed by atoms with van der Waals surface area (Å²) in [5.41, 5.74) is 1.42. The van der Waals surface area contributed by atoms with Crippen molar-refractivity contribution in [2.24, 2.45) is 5.92 Å². The van der Waals surface area contributed by atoms with Gasteiger partial charge >= 0.3 is 0 Å². The summed E-state index contributed by atoms with van der Waals surface area (Å²) in [6.07, 6.45) is 2.28. The molecule has 3 heteroatoms. The third kappa shape index (κ3) is 3.64. The highest BCUT2D eigenvalue weighted by molar-refractivity contribution is 5.17. The fourth-order valence-corrected chi connectivity index (χ4v) is 3.36. The molecule has 1 unspecified atom stereocenters. The van der Waals surface area contributed by atoms with Crippen LogP contribution in [0.15, 0.2) is 24.3 Å². The van der Waals surface area contributed by atoms with Crippen molar-refractivity contribution in [2.75, 3.05) is 13.1 Å². The third-order valence-electron chi connectivity index (χ3n) is 5.19. The van der Waals surface area contributed by atoms with Crippen LogP contribution >= 0.6 is 0 Å². The SMILES string of the molecule is CCC1(CC)CNC(C(C)C)CN1Cc1ccc(F)cc1. The van der Waals surface area contributed by atoms with Gasteiger partial charge in [0.2, 0.25) is 0 Å². The van der Waals surface area contributed by atoms with Crippen LogP contribution in [0, 0.1) is 11.7 Å². The summed E-state index contributed by atoms with van der Waals surface area (Å²) in [6, 6.07) is 7.50. The Hall–Kier alpha value is -0.930. The maximum atomic E-state index is 13.1. The molecule has 21 heavy (non-hydrogen) atoms. The van der Waals surface area contributed by atoms with Crippen molar-refractivity contribution >= 4 is 0 Å². The summed E-state index contributed by atoms with van der Waals surface area (Å²) < 4.78 is 13.1. The predicted octanol–water partition coefficient (Wildman–Crippen LogP) is 3.81. The van der Waals surface area contributed by atoms with E-state index < -0.39 is 0 Å². The molecule has 1 atom stereocenters. The largest absolute Gasteiger partial charge is 0.311 e. The number of rotatable bonds is 5. The molecule has 1 saturated heterocycles. The fourth-order valence-electron chi connectivity index (χ4n) is 3.36. The van der Waals surface area contributed by atoms with Crippen LogP contribution in [-0.2, 0) is 6.54 Å². The number of piperazine rings is 1. The van der Waals surface area contributed by atoms with E-state index in [-0.39, 0.29) is 11.4 Å². The molecule has 1 fully saturated rings. The van der Waals surface area contributed by atoms with Crippen LogP contribution in [0.3, 0.4) is 0 Å². The number of benzene rings is 1. The van der Waals surface area contributed by atoms with E-state index in [2.05, 4.69) is 37.9 Å². The number of halogens is 1. The average molecular weight is 292 g/mol. The molecule has 0 bridgehead atoms. The average Bonchev–Trinajstić information content (AvgIpc) is 2.49. The molecule has 0 aliphatic carbocycles. The molecule has 2 nitrogen and oxygen atoms in total. The van der Waals surface area contributed by atoms with Gasteiger partial charge in [0.1, 0.15) is 5.82 Å². The van der Waals surface area contributed by atoms with E-state index in [0.717, 1.165) is 32.5 Å². The molecule has 1 aromatic rings. The molecule has 118 valence electrons. The van der Waals surface area contributed by atoms with Gasteiger partial charge in [-0.15, -0.1) is 0 Å². The van der Waals surface area contributed by atoms with Crippen molar-refractivity contribution in [1.29, 1.82) is 0 Å². The molecule has 1 heterocycles. The zero-order valence-electron chi connectivity index (χ0n) is 13.8. The molecular weight excluding hydrogens is 263 g/mol.